The lowest BCUT2D eigenvalue weighted by Gasteiger charge is -2.42. The van der Waals surface area contributed by atoms with Crippen LogP contribution in [0.3, 0.4) is 0 Å². The zero-order valence-corrected chi connectivity index (χ0v) is 22.2. The molecule has 1 aromatic carbocycles. The number of hydrogen-bond donors (Lipinski definition) is 3. The highest BCUT2D eigenvalue weighted by molar-refractivity contribution is 6.62. The van der Waals surface area contributed by atoms with Gasteiger partial charge in [0.25, 0.3) is 17.4 Å². The molecule has 1 aliphatic rings. The fourth-order valence-electron chi connectivity index (χ4n) is 3.56. The SMILES string of the molecule is CC(=NOC(C)(C)C(=O)O)C(=O)N[C@H](C)[C@H]1C(=O)N[C@@H]1[C@@H](C)C(=O)C(=[N+]=[N-])C(=O)OCc1ccc([N+](=O)[O-])cc1. The summed E-state index contributed by atoms with van der Waals surface area (Å²) < 4.78 is 4.99. The lowest BCUT2D eigenvalue weighted by atomic mass is 9.75. The number of β-lactam (4-membered cyclic amide) rings is 1. The predicted molar refractivity (Wildman–Crippen MR) is 135 cm³/mol. The molecule has 4 atom stereocenters. The van der Waals surface area contributed by atoms with Crippen LogP contribution < -0.4 is 10.6 Å². The number of carboxylic acid groups (broad SMARTS) is 1. The summed E-state index contributed by atoms with van der Waals surface area (Å²) in [7, 11) is 0. The van der Waals surface area contributed by atoms with E-state index in [1.54, 1.807) is 0 Å². The number of amides is 2. The molecule has 2 rings (SSSR count). The van der Waals surface area contributed by atoms with Gasteiger partial charge < -0.3 is 30.8 Å². The molecule has 0 unspecified atom stereocenters. The largest absolute Gasteiger partial charge is 0.478 e. The van der Waals surface area contributed by atoms with Crippen molar-refractivity contribution in [3.8, 4) is 0 Å². The van der Waals surface area contributed by atoms with E-state index in [1.165, 1.54) is 58.9 Å². The Morgan fingerprint density at radius 2 is 1.85 bits per heavy atom. The van der Waals surface area contributed by atoms with Crippen LogP contribution >= 0.6 is 0 Å². The number of carbonyl (C=O) groups is 5. The fourth-order valence-corrected chi connectivity index (χ4v) is 3.56. The number of nitro benzene ring substituents is 1. The van der Waals surface area contributed by atoms with E-state index in [0.717, 1.165) is 0 Å². The van der Waals surface area contributed by atoms with Crippen LogP contribution in [0, 0.1) is 22.0 Å². The number of nitro groups is 1. The molecule has 0 radical (unpaired) electrons. The number of nitrogens with zero attached hydrogens (tertiary/aromatic N) is 4. The van der Waals surface area contributed by atoms with Gasteiger partial charge in [0.1, 0.15) is 12.3 Å². The van der Waals surface area contributed by atoms with Crippen molar-refractivity contribution < 1.29 is 48.4 Å². The van der Waals surface area contributed by atoms with E-state index in [1.807, 2.05) is 0 Å². The first kappa shape index (κ1) is 31.2. The Morgan fingerprint density at radius 1 is 1.25 bits per heavy atom. The second-order valence-corrected chi connectivity index (χ2v) is 9.51. The Morgan fingerprint density at radius 3 is 2.35 bits per heavy atom. The molecule has 1 aliphatic heterocycles. The van der Waals surface area contributed by atoms with Crippen molar-refractivity contribution in [2.75, 3.05) is 0 Å². The van der Waals surface area contributed by atoms with Crippen molar-refractivity contribution in [3.05, 3.63) is 45.5 Å². The average Bonchev–Trinajstić information content (AvgIpc) is 2.88. The minimum absolute atomic E-state index is 0.169. The van der Waals surface area contributed by atoms with Gasteiger partial charge in [0, 0.05) is 24.1 Å². The summed E-state index contributed by atoms with van der Waals surface area (Å²) in [5.41, 5.74) is 6.70. The number of rotatable bonds is 13. The number of aliphatic carboxylic acids is 1. The van der Waals surface area contributed by atoms with Gasteiger partial charge in [-0.2, -0.15) is 4.79 Å². The van der Waals surface area contributed by atoms with Crippen LogP contribution in [-0.2, 0) is 40.2 Å². The second-order valence-electron chi connectivity index (χ2n) is 9.51. The third-order valence-electron chi connectivity index (χ3n) is 6.15. The van der Waals surface area contributed by atoms with Gasteiger partial charge in [0.2, 0.25) is 11.5 Å². The Hall–Kier alpha value is -4.98. The van der Waals surface area contributed by atoms with Crippen LogP contribution in [0.1, 0.15) is 40.2 Å². The molecular formula is C24H28N6O10. The number of ketones is 1. The first-order chi connectivity index (χ1) is 18.6. The van der Waals surface area contributed by atoms with Gasteiger partial charge in [0.15, 0.2) is 0 Å². The maximum Gasteiger partial charge on any atom is 0.441 e. The monoisotopic (exact) mass is 560 g/mol. The van der Waals surface area contributed by atoms with Crippen LogP contribution in [0.2, 0.25) is 0 Å². The van der Waals surface area contributed by atoms with Gasteiger partial charge in [-0.15, -0.1) is 0 Å². The van der Waals surface area contributed by atoms with E-state index in [-0.39, 0.29) is 18.0 Å². The van der Waals surface area contributed by atoms with E-state index >= 15 is 0 Å². The van der Waals surface area contributed by atoms with Crippen molar-refractivity contribution in [1.82, 2.24) is 10.6 Å². The number of hydrogen-bond acceptors (Lipinski definition) is 10. The molecule has 1 fully saturated rings. The first-order valence-electron chi connectivity index (χ1n) is 11.8. The summed E-state index contributed by atoms with van der Waals surface area (Å²) in [6, 6.07) is 3.42. The maximum absolute atomic E-state index is 12.9. The third kappa shape index (κ3) is 7.32. The number of oxime groups is 1. The Kier molecular flexibility index (Phi) is 9.93. The average molecular weight is 561 g/mol. The van der Waals surface area contributed by atoms with E-state index in [2.05, 4.69) is 20.6 Å². The highest BCUT2D eigenvalue weighted by Gasteiger charge is 2.50. The van der Waals surface area contributed by atoms with Crippen molar-refractivity contribution in [1.29, 1.82) is 0 Å². The van der Waals surface area contributed by atoms with Gasteiger partial charge >= 0.3 is 17.7 Å². The van der Waals surface area contributed by atoms with Crippen LogP contribution in [0.4, 0.5) is 5.69 Å². The Balaban J connectivity index is 2.02. The van der Waals surface area contributed by atoms with E-state index in [9.17, 15) is 39.6 Å². The zero-order valence-electron chi connectivity index (χ0n) is 22.2. The predicted octanol–water partition coefficient (Wildman–Crippen LogP) is 0.389. The standard InChI is InChI=1S/C24H28N6O10/c1-11(19(31)18(28-25)22(34)39-10-14-6-8-15(9-7-14)30(37)38)17-16(21(33)27-17)12(2)26-20(32)13(3)29-40-24(4,5)23(35)36/h6-9,11-12,16-17H,10H2,1-5H3,(H,26,32)(H,27,33)(H,35,36)/t11-,12-,16-,17-/m1/s1. The lowest BCUT2D eigenvalue weighted by molar-refractivity contribution is -0.384. The second kappa shape index (κ2) is 12.7. The summed E-state index contributed by atoms with van der Waals surface area (Å²) in [5.74, 6) is -6.72. The molecule has 0 spiro atoms. The number of carbonyl (C=O) groups excluding carboxylic acids is 4. The number of carboxylic acids is 1. The van der Waals surface area contributed by atoms with Gasteiger partial charge in [-0.05, 0) is 45.4 Å². The van der Waals surface area contributed by atoms with E-state index < -0.39 is 69.7 Å². The smallest absolute Gasteiger partial charge is 0.441 e. The molecular weight excluding hydrogens is 532 g/mol. The number of nitrogens with one attached hydrogen (secondary N) is 2. The third-order valence-corrected chi connectivity index (χ3v) is 6.15. The molecule has 0 saturated carbocycles. The molecule has 214 valence electrons. The molecule has 0 aliphatic carbocycles. The van der Waals surface area contributed by atoms with E-state index in [4.69, 9.17) is 14.7 Å². The molecule has 1 heterocycles. The van der Waals surface area contributed by atoms with E-state index in [0.29, 0.717) is 5.56 Å². The summed E-state index contributed by atoms with van der Waals surface area (Å²) in [6.45, 7) is 6.28. The molecule has 0 aromatic heterocycles. The van der Waals surface area contributed by atoms with Gasteiger partial charge in [0.05, 0.1) is 16.9 Å². The minimum Gasteiger partial charge on any atom is -0.478 e. The fraction of sp³-hybridized carbons (Fsp3) is 0.458. The zero-order chi connectivity index (χ0) is 30.4. The number of Topliss-reactive ketones (excluding diaryl/α,β-unsaturated/α-hetero) is 1. The van der Waals surface area contributed by atoms with Crippen molar-refractivity contribution in [2.24, 2.45) is 17.0 Å². The highest BCUT2D eigenvalue weighted by atomic mass is 16.7. The summed E-state index contributed by atoms with van der Waals surface area (Å²) in [6.07, 6.45) is 0. The number of benzene rings is 1. The normalized spacial score (nSPS) is 18.1. The number of non-ortho nitro benzene ring substituents is 1. The quantitative estimate of drug-likeness (QED) is 0.0438. The van der Waals surface area contributed by atoms with Crippen LogP contribution in [0.5, 0.6) is 0 Å². The summed E-state index contributed by atoms with van der Waals surface area (Å²) in [4.78, 5) is 79.0. The first-order valence-corrected chi connectivity index (χ1v) is 11.8. The molecule has 40 heavy (non-hydrogen) atoms. The minimum atomic E-state index is -1.68. The summed E-state index contributed by atoms with van der Waals surface area (Å²) in [5, 5.41) is 28.4. The molecule has 16 heteroatoms. The van der Waals surface area contributed by atoms with Gasteiger partial charge in [-0.3, -0.25) is 24.5 Å². The lowest BCUT2D eigenvalue weighted by Crippen LogP contribution is -2.68. The topological polar surface area (TPSA) is 240 Å². The molecule has 2 amide bonds. The van der Waals surface area contributed by atoms with Crippen molar-refractivity contribution in [2.45, 2.75) is 58.9 Å². The van der Waals surface area contributed by atoms with Crippen LogP contribution in [0.15, 0.2) is 29.4 Å². The van der Waals surface area contributed by atoms with Crippen LogP contribution in [-0.4, -0.2) is 73.5 Å². The molecule has 16 nitrogen and oxygen atoms in total. The van der Waals surface area contributed by atoms with Gasteiger partial charge in [-0.1, -0.05) is 12.1 Å². The highest BCUT2D eigenvalue weighted by Crippen LogP contribution is 2.26. The summed E-state index contributed by atoms with van der Waals surface area (Å²) >= 11 is 0. The number of esters is 1. The van der Waals surface area contributed by atoms with Crippen molar-refractivity contribution in [3.63, 3.8) is 0 Å². The number of ether oxygens (including phenoxy) is 1. The Bertz CT molecular complexity index is 1300. The molecule has 3 N–H and O–H groups in total. The molecule has 0 bridgehead atoms. The van der Waals surface area contributed by atoms with Crippen LogP contribution in [0.25, 0.3) is 5.53 Å². The maximum atomic E-state index is 12.9. The molecule has 1 saturated heterocycles. The Labute approximate surface area is 227 Å². The molecule has 1 aromatic rings. The van der Waals surface area contributed by atoms with Crippen molar-refractivity contribution >= 4 is 46.6 Å². The van der Waals surface area contributed by atoms with Gasteiger partial charge in [-0.25, -0.2) is 9.59 Å².